The summed E-state index contributed by atoms with van der Waals surface area (Å²) in [5.74, 6) is 0.353. The first kappa shape index (κ1) is 16.3. The molecule has 2 N–H and O–H groups in total. The highest BCUT2D eigenvalue weighted by Crippen LogP contribution is 2.26. The third kappa shape index (κ3) is 3.56. The maximum Gasteiger partial charge on any atom is 0.244 e. The van der Waals surface area contributed by atoms with Gasteiger partial charge in [0.05, 0.1) is 5.69 Å². The van der Waals surface area contributed by atoms with Crippen LogP contribution in [0.4, 0.5) is 5.69 Å². The van der Waals surface area contributed by atoms with Gasteiger partial charge >= 0.3 is 0 Å². The number of ether oxygens (including phenoxy) is 1. The summed E-state index contributed by atoms with van der Waals surface area (Å²) in [6, 6.07) is 3.39. The zero-order valence-electron chi connectivity index (χ0n) is 12.9. The van der Waals surface area contributed by atoms with Crippen molar-refractivity contribution >= 4 is 15.7 Å². The van der Waals surface area contributed by atoms with Crippen molar-refractivity contribution < 1.29 is 13.2 Å². The van der Waals surface area contributed by atoms with Gasteiger partial charge in [0.15, 0.2) is 0 Å². The predicted octanol–water partition coefficient (Wildman–Crippen LogP) is 1.93. The van der Waals surface area contributed by atoms with Gasteiger partial charge in [0.1, 0.15) is 4.90 Å². The van der Waals surface area contributed by atoms with Crippen molar-refractivity contribution in [3.05, 3.63) is 23.3 Å². The van der Waals surface area contributed by atoms with Gasteiger partial charge in [0.25, 0.3) is 0 Å². The van der Waals surface area contributed by atoms with Crippen LogP contribution in [-0.4, -0.2) is 39.5 Å². The second-order valence-electron chi connectivity index (χ2n) is 5.82. The molecule has 21 heavy (non-hydrogen) atoms. The topological polar surface area (TPSA) is 72.6 Å². The Morgan fingerprint density at radius 1 is 1.24 bits per heavy atom. The number of nitrogens with zero attached hydrogens (tertiary/aromatic N) is 1. The van der Waals surface area contributed by atoms with Gasteiger partial charge in [-0.3, -0.25) is 0 Å². The van der Waals surface area contributed by atoms with E-state index in [0.29, 0.717) is 31.4 Å². The van der Waals surface area contributed by atoms with Crippen molar-refractivity contribution in [2.24, 2.45) is 5.92 Å². The molecule has 6 heteroatoms. The average molecular weight is 312 g/mol. The molecule has 0 aliphatic carbocycles. The molecule has 1 fully saturated rings. The first-order valence-electron chi connectivity index (χ1n) is 7.23. The molecule has 118 valence electrons. The van der Waals surface area contributed by atoms with Gasteiger partial charge in [-0.25, -0.2) is 12.7 Å². The molecule has 0 aromatic heterocycles. The molecule has 0 amide bonds. The molecule has 1 aliphatic rings. The fourth-order valence-electron chi connectivity index (χ4n) is 2.59. The Balaban J connectivity index is 2.22. The number of anilines is 1. The van der Waals surface area contributed by atoms with Crippen LogP contribution in [0.1, 0.15) is 24.0 Å². The van der Waals surface area contributed by atoms with Crippen LogP contribution in [0.15, 0.2) is 17.0 Å². The van der Waals surface area contributed by atoms with Crippen LogP contribution < -0.4 is 5.73 Å². The summed E-state index contributed by atoms with van der Waals surface area (Å²) < 4.78 is 32.1. The van der Waals surface area contributed by atoms with Gasteiger partial charge in [-0.05, 0) is 55.9 Å². The Bertz CT molecular complexity index is 608. The summed E-state index contributed by atoms with van der Waals surface area (Å²) in [5.41, 5.74) is 8.17. The minimum atomic E-state index is -3.54. The summed E-state index contributed by atoms with van der Waals surface area (Å²) in [7, 11) is -1.92. The fourth-order valence-corrected chi connectivity index (χ4v) is 4.02. The van der Waals surface area contributed by atoms with Gasteiger partial charge in [-0.1, -0.05) is 0 Å². The number of rotatable bonds is 4. The Hall–Kier alpha value is -1.11. The van der Waals surface area contributed by atoms with E-state index in [2.05, 4.69) is 0 Å². The van der Waals surface area contributed by atoms with Crippen LogP contribution in [0, 0.1) is 19.8 Å². The molecule has 0 spiro atoms. The molecule has 1 saturated heterocycles. The number of aryl methyl sites for hydroxylation is 2. The third-order valence-corrected chi connectivity index (χ3v) is 6.05. The van der Waals surface area contributed by atoms with Gasteiger partial charge < -0.3 is 10.5 Å². The van der Waals surface area contributed by atoms with Crippen molar-refractivity contribution in [3.8, 4) is 0 Å². The van der Waals surface area contributed by atoms with Crippen molar-refractivity contribution in [2.75, 3.05) is 32.5 Å². The first-order chi connectivity index (χ1) is 9.82. The summed E-state index contributed by atoms with van der Waals surface area (Å²) in [6.45, 7) is 5.76. The first-order valence-corrected chi connectivity index (χ1v) is 8.67. The summed E-state index contributed by atoms with van der Waals surface area (Å²) in [6.07, 6.45) is 1.81. The molecule has 1 aromatic carbocycles. The highest BCUT2D eigenvalue weighted by Gasteiger charge is 2.27. The zero-order chi connectivity index (χ0) is 15.6. The number of hydrogen-bond acceptors (Lipinski definition) is 4. The average Bonchev–Trinajstić information content (AvgIpc) is 2.43. The molecule has 1 aliphatic heterocycles. The molecular weight excluding hydrogens is 288 g/mol. The van der Waals surface area contributed by atoms with E-state index in [4.69, 9.17) is 10.5 Å². The van der Waals surface area contributed by atoms with Crippen molar-refractivity contribution in [2.45, 2.75) is 31.6 Å². The molecule has 0 bridgehead atoms. The van der Waals surface area contributed by atoms with E-state index in [9.17, 15) is 8.42 Å². The lowest BCUT2D eigenvalue weighted by Crippen LogP contribution is -2.34. The van der Waals surface area contributed by atoms with Crippen molar-refractivity contribution in [1.82, 2.24) is 4.31 Å². The molecule has 1 heterocycles. The number of nitrogens with two attached hydrogens (primary N) is 1. The Morgan fingerprint density at radius 2 is 1.81 bits per heavy atom. The molecule has 0 radical (unpaired) electrons. The highest BCUT2D eigenvalue weighted by molar-refractivity contribution is 7.89. The molecule has 1 aromatic rings. The largest absolute Gasteiger partial charge is 0.398 e. The van der Waals surface area contributed by atoms with E-state index in [1.807, 2.05) is 13.8 Å². The minimum Gasteiger partial charge on any atom is -0.398 e. The Kier molecular flexibility index (Phi) is 4.91. The lowest BCUT2D eigenvalue weighted by atomic mass is 10.0. The van der Waals surface area contributed by atoms with Crippen LogP contribution in [0.25, 0.3) is 0 Å². The smallest absolute Gasteiger partial charge is 0.244 e. The van der Waals surface area contributed by atoms with Crippen LogP contribution in [-0.2, 0) is 14.8 Å². The quantitative estimate of drug-likeness (QED) is 0.862. The SMILES string of the molecule is Cc1cc(N)c(S(=O)(=O)N(C)CC2CCOCC2)cc1C. The molecule has 2 rings (SSSR count). The van der Waals surface area contributed by atoms with E-state index >= 15 is 0 Å². The minimum absolute atomic E-state index is 0.208. The Labute approximate surface area is 127 Å². The van der Waals surface area contributed by atoms with E-state index in [-0.39, 0.29) is 4.90 Å². The van der Waals surface area contributed by atoms with E-state index < -0.39 is 10.0 Å². The maximum atomic E-state index is 12.7. The zero-order valence-corrected chi connectivity index (χ0v) is 13.7. The standard InChI is InChI=1S/C15H24N2O3S/c1-11-8-14(16)15(9-12(11)2)21(18,19)17(3)10-13-4-6-20-7-5-13/h8-9,13H,4-7,10,16H2,1-3H3. The highest BCUT2D eigenvalue weighted by atomic mass is 32.2. The van der Waals surface area contributed by atoms with Crippen molar-refractivity contribution in [3.63, 3.8) is 0 Å². The summed E-state index contributed by atoms with van der Waals surface area (Å²) in [5, 5.41) is 0. The lowest BCUT2D eigenvalue weighted by molar-refractivity contribution is 0.0620. The molecule has 0 unspecified atom stereocenters. The second kappa shape index (κ2) is 6.34. The number of hydrogen-bond donors (Lipinski definition) is 1. The van der Waals surface area contributed by atoms with Gasteiger partial charge in [0.2, 0.25) is 10.0 Å². The van der Waals surface area contributed by atoms with E-state index in [1.165, 1.54) is 4.31 Å². The van der Waals surface area contributed by atoms with Gasteiger partial charge in [-0.2, -0.15) is 0 Å². The van der Waals surface area contributed by atoms with Gasteiger partial charge in [0, 0.05) is 26.8 Å². The molecular formula is C15H24N2O3S. The van der Waals surface area contributed by atoms with E-state index in [0.717, 1.165) is 24.0 Å². The molecule has 0 atom stereocenters. The second-order valence-corrected chi connectivity index (χ2v) is 7.83. The van der Waals surface area contributed by atoms with Crippen LogP contribution >= 0.6 is 0 Å². The van der Waals surface area contributed by atoms with Crippen LogP contribution in [0.3, 0.4) is 0 Å². The summed E-state index contributed by atoms with van der Waals surface area (Å²) >= 11 is 0. The van der Waals surface area contributed by atoms with Crippen LogP contribution in [0.5, 0.6) is 0 Å². The maximum absolute atomic E-state index is 12.7. The number of nitrogen functional groups attached to an aromatic ring is 1. The van der Waals surface area contributed by atoms with Crippen LogP contribution in [0.2, 0.25) is 0 Å². The third-order valence-electron chi connectivity index (χ3n) is 4.17. The summed E-state index contributed by atoms with van der Waals surface area (Å²) in [4.78, 5) is 0.208. The van der Waals surface area contributed by atoms with Crippen molar-refractivity contribution in [1.29, 1.82) is 0 Å². The fraction of sp³-hybridized carbons (Fsp3) is 0.600. The monoisotopic (exact) mass is 312 g/mol. The van der Waals surface area contributed by atoms with E-state index in [1.54, 1.807) is 19.2 Å². The lowest BCUT2D eigenvalue weighted by Gasteiger charge is -2.27. The van der Waals surface area contributed by atoms with Gasteiger partial charge in [-0.15, -0.1) is 0 Å². The Morgan fingerprint density at radius 3 is 2.43 bits per heavy atom. The normalized spacial score (nSPS) is 17.3. The number of sulfonamides is 1. The molecule has 0 saturated carbocycles. The molecule has 5 nitrogen and oxygen atoms in total. The predicted molar refractivity (Wildman–Crippen MR) is 83.7 cm³/mol. The number of benzene rings is 1.